The Bertz CT molecular complexity index is 1730. The number of alkyl halides is 3. The third kappa shape index (κ3) is 7.04. The van der Waals surface area contributed by atoms with E-state index in [-0.39, 0.29) is 40.5 Å². The molecule has 2 aliphatic rings. The molecule has 4 heterocycles. The highest BCUT2D eigenvalue weighted by atomic mass is 19.4. The summed E-state index contributed by atoms with van der Waals surface area (Å²) in [6, 6.07) is 15.3. The lowest BCUT2D eigenvalue weighted by Crippen LogP contribution is -2.41. The van der Waals surface area contributed by atoms with Gasteiger partial charge in [0, 0.05) is 37.5 Å². The molecule has 47 heavy (non-hydrogen) atoms. The van der Waals surface area contributed by atoms with E-state index in [0.29, 0.717) is 44.2 Å². The van der Waals surface area contributed by atoms with Crippen LogP contribution in [0.2, 0.25) is 0 Å². The van der Waals surface area contributed by atoms with E-state index in [4.69, 9.17) is 15.2 Å². The van der Waals surface area contributed by atoms with Gasteiger partial charge in [-0.15, -0.1) is 0 Å². The predicted molar refractivity (Wildman–Crippen MR) is 171 cm³/mol. The Kier molecular flexibility index (Phi) is 8.84. The Balaban J connectivity index is 1.27. The van der Waals surface area contributed by atoms with Crippen LogP contribution in [0.4, 0.5) is 24.9 Å². The monoisotopic (exact) mass is 649 g/mol. The van der Waals surface area contributed by atoms with E-state index in [2.05, 4.69) is 20.4 Å². The van der Waals surface area contributed by atoms with Gasteiger partial charge in [-0.25, -0.2) is 4.68 Å². The number of piperidine rings is 1. The van der Waals surface area contributed by atoms with Crippen molar-refractivity contribution in [2.24, 2.45) is 5.41 Å². The molecule has 10 nitrogen and oxygen atoms in total. The number of esters is 1. The van der Waals surface area contributed by atoms with Gasteiger partial charge in [0.15, 0.2) is 0 Å². The number of nitrogens with zero attached hydrogens (tertiary/aromatic N) is 5. The van der Waals surface area contributed by atoms with E-state index < -0.39 is 12.3 Å². The zero-order valence-electron chi connectivity index (χ0n) is 26.6. The molecule has 13 heteroatoms. The van der Waals surface area contributed by atoms with E-state index in [1.165, 1.54) is 16.8 Å². The first kappa shape index (κ1) is 32.3. The maximum atomic E-state index is 14.8. The molecule has 2 fully saturated rings. The third-order valence-corrected chi connectivity index (χ3v) is 8.99. The molecule has 0 saturated carbocycles. The van der Waals surface area contributed by atoms with Crippen LogP contribution >= 0.6 is 0 Å². The van der Waals surface area contributed by atoms with Crippen molar-refractivity contribution in [1.82, 2.24) is 25.1 Å². The molecule has 2 atom stereocenters. The van der Waals surface area contributed by atoms with E-state index in [0.717, 1.165) is 29.5 Å². The number of rotatable bonds is 8. The maximum Gasteiger partial charge on any atom is 0.429 e. The van der Waals surface area contributed by atoms with Gasteiger partial charge in [-0.05, 0) is 68.7 Å². The highest BCUT2D eigenvalue weighted by Gasteiger charge is 2.46. The quantitative estimate of drug-likeness (QED) is 0.231. The number of ether oxygens (including phenoxy) is 2. The van der Waals surface area contributed by atoms with Crippen molar-refractivity contribution in [1.29, 1.82) is 0 Å². The number of carbonyl (C=O) groups is 1. The molecule has 0 unspecified atom stereocenters. The van der Waals surface area contributed by atoms with E-state index >= 15 is 0 Å². The molecule has 2 aromatic heterocycles. The second-order valence-corrected chi connectivity index (χ2v) is 12.4. The lowest BCUT2D eigenvalue weighted by Gasteiger charge is -2.39. The summed E-state index contributed by atoms with van der Waals surface area (Å²) in [5.41, 5.74) is 9.38. The zero-order valence-corrected chi connectivity index (χ0v) is 26.6. The number of halogens is 3. The van der Waals surface area contributed by atoms with Gasteiger partial charge in [-0.2, -0.15) is 28.2 Å². The van der Waals surface area contributed by atoms with Gasteiger partial charge >= 0.3 is 12.1 Å². The molecule has 6 rings (SSSR count). The normalized spacial score (nSPS) is 18.3. The fourth-order valence-electron chi connectivity index (χ4n) is 6.44. The van der Waals surface area contributed by atoms with E-state index in [9.17, 15) is 18.0 Å². The Labute approximate surface area is 271 Å². The Morgan fingerprint density at radius 3 is 2.45 bits per heavy atom. The summed E-state index contributed by atoms with van der Waals surface area (Å²) in [5.74, 6) is -0.340. The van der Waals surface area contributed by atoms with E-state index in [1.807, 2.05) is 36.1 Å². The average molecular weight is 650 g/mol. The molecular formula is C34H38F3N7O3. The number of aromatic nitrogens is 4. The Hall–Kier alpha value is -4.65. The van der Waals surface area contributed by atoms with Crippen molar-refractivity contribution in [2.45, 2.75) is 58.4 Å². The highest BCUT2D eigenvalue weighted by Crippen LogP contribution is 2.43. The Morgan fingerprint density at radius 2 is 1.79 bits per heavy atom. The summed E-state index contributed by atoms with van der Waals surface area (Å²) < 4.78 is 56.8. The largest absolute Gasteiger partial charge is 0.465 e. The minimum absolute atomic E-state index is 0.0702. The standard InChI is InChI=1S/C34H38F3N7O3/c1-4-46-31(45)26-19-33(20-39-26)12-15-43(16-13-33)28-18-29(41-32(38)40-28)47-30(34(35,36)37)25-10-9-24(23-7-5-21(2)6-8-23)17-27(25)44-14-11-22(3)42-44/h5-11,14,17-18,26,30,39H,4,12-13,15-16,19-20H2,1-3H3,(H2,38,40,41)/t26-,30+/m0/s1. The fourth-order valence-corrected chi connectivity index (χ4v) is 6.44. The topological polar surface area (TPSA) is 120 Å². The van der Waals surface area contributed by atoms with Crippen molar-refractivity contribution < 1.29 is 27.4 Å². The first-order valence-electron chi connectivity index (χ1n) is 15.7. The second kappa shape index (κ2) is 12.9. The minimum Gasteiger partial charge on any atom is -0.465 e. The summed E-state index contributed by atoms with van der Waals surface area (Å²) in [6.45, 7) is 7.71. The van der Waals surface area contributed by atoms with Gasteiger partial charge in [-0.1, -0.05) is 42.0 Å². The van der Waals surface area contributed by atoms with Crippen LogP contribution in [-0.4, -0.2) is 64.2 Å². The lowest BCUT2D eigenvalue weighted by molar-refractivity contribution is -0.198. The van der Waals surface area contributed by atoms with Gasteiger partial charge < -0.3 is 25.4 Å². The Morgan fingerprint density at radius 1 is 1.06 bits per heavy atom. The SMILES string of the molecule is CCOC(=O)[C@@H]1CC2(CCN(c3cc(O[C@H](c4ccc(-c5ccc(C)cc5)cc4-n4ccc(C)n4)C(F)(F)F)nc(N)n3)CC2)CN1. The third-order valence-electron chi connectivity index (χ3n) is 8.99. The van der Waals surface area contributed by atoms with Crippen LogP contribution in [0, 0.1) is 19.3 Å². The second-order valence-electron chi connectivity index (χ2n) is 12.4. The van der Waals surface area contributed by atoms with Gasteiger partial charge in [0.05, 0.1) is 18.0 Å². The lowest BCUT2D eigenvalue weighted by atomic mass is 9.76. The maximum absolute atomic E-state index is 14.8. The smallest absolute Gasteiger partial charge is 0.429 e. The fraction of sp³-hybridized carbons (Fsp3) is 0.412. The predicted octanol–water partition coefficient (Wildman–Crippen LogP) is 5.72. The number of hydrogen-bond acceptors (Lipinski definition) is 9. The molecule has 0 aliphatic carbocycles. The number of aryl methyl sites for hydroxylation is 2. The van der Waals surface area contributed by atoms with Gasteiger partial charge in [0.1, 0.15) is 11.9 Å². The molecule has 2 aromatic carbocycles. The van der Waals surface area contributed by atoms with Crippen LogP contribution in [0.15, 0.2) is 60.8 Å². The van der Waals surface area contributed by atoms with Crippen LogP contribution in [0.1, 0.15) is 49.1 Å². The minimum atomic E-state index is -4.80. The van der Waals surface area contributed by atoms with Crippen LogP contribution < -0.4 is 20.7 Å². The summed E-state index contributed by atoms with van der Waals surface area (Å²) in [4.78, 5) is 22.6. The first-order chi connectivity index (χ1) is 22.4. The summed E-state index contributed by atoms with van der Waals surface area (Å²) in [6.07, 6.45) is -3.34. The summed E-state index contributed by atoms with van der Waals surface area (Å²) in [7, 11) is 0. The highest BCUT2D eigenvalue weighted by molar-refractivity contribution is 5.76. The van der Waals surface area contributed by atoms with Crippen molar-refractivity contribution in [3.8, 4) is 22.7 Å². The van der Waals surface area contributed by atoms with Crippen LogP contribution in [0.25, 0.3) is 16.8 Å². The van der Waals surface area contributed by atoms with Crippen LogP contribution in [0.3, 0.4) is 0 Å². The summed E-state index contributed by atoms with van der Waals surface area (Å²) in [5, 5.41) is 7.70. The molecule has 248 valence electrons. The van der Waals surface area contributed by atoms with Crippen molar-refractivity contribution in [3.05, 3.63) is 77.6 Å². The number of nitrogens with two attached hydrogens (primary N) is 1. The van der Waals surface area contributed by atoms with Gasteiger partial charge in [0.2, 0.25) is 17.9 Å². The average Bonchev–Trinajstić information content (AvgIpc) is 3.66. The van der Waals surface area contributed by atoms with Crippen LogP contribution in [-0.2, 0) is 9.53 Å². The molecule has 0 radical (unpaired) electrons. The molecule has 0 bridgehead atoms. The molecule has 1 spiro atoms. The van der Waals surface area contributed by atoms with Gasteiger partial charge in [-0.3, -0.25) is 4.79 Å². The zero-order chi connectivity index (χ0) is 33.3. The number of nitrogen functional groups attached to an aromatic ring is 1. The molecule has 2 aliphatic heterocycles. The number of benzene rings is 2. The molecule has 2 saturated heterocycles. The number of nitrogens with one attached hydrogen (secondary N) is 1. The van der Waals surface area contributed by atoms with Crippen molar-refractivity contribution in [3.63, 3.8) is 0 Å². The van der Waals surface area contributed by atoms with Crippen LogP contribution in [0.5, 0.6) is 5.88 Å². The first-order valence-corrected chi connectivity index (χ1v) is 15.7. The summed E-state index contributed by atoms with van der Waals surface area (Å²) >= 11 is 0. The number of carbonyl (C=O) groups excluding carboxylic acids is 1. The van der Waals surface area contributed by atoms with Crippen molar-refractivity contribution in [2.75, 3.05) is 36.9 Å². The number of anilines is 2. The molecular weight excluding hydrogens is 611 g/mol. The molecule has 4 aromatic rings. The molecule has 0 amide bonds. The molecule has 3 N–H and O–H groups in total. The van der Waals surface area contributed by atoms with Gasteiger partial charge in [0.25, 0.3) is 0 Å². The van der Waals surface area contributed by atoms with Crippen molar-refractivity contribution >= 4 is 17.7 Å². The number of hydrogen-bond donors (Lipinski definition) is 2. The van der Waals surface area contributed by atoms with E-state index in [1.54, 1.807) is 38.2 Å².